The quantitative estimate of drug-likeness (QED) is 0.727. The Balaban J connectivity index is 2.69. The molecule has 0 aliphatic rings. The van der Waals surface area contributed by atoms with Crippen LogP contribution in [-0.4, -0.2) is 22.7 Å². The van der Waals surface area contributed by atoms with E-state index in [1.54, 1.807) is 18.5 Å². The van der Waals surface area contributed by atoms with Gasteiger partial charge < -0.3 is 10.8 Å². The van der Waals surface area contributed by atoms with E-state index in [0.717, 1.165) is 5.56 Å². The zero-order chi connectivity index (χ0) is 8.97. The summed E-state index contributed by atoms with van der Waals surface area (Å²) < 4.78 is 0. The first-order valence-corrected chi connectivity index (χ1v) is 4.06. The summed E-state index contributed by atoms with van der Waals surface area (Å²) in [6, 6.07) is 1.56. The molecule has 1 atom stereocenters. The number of hydrogen-bond acceptors (Lipinski definition) is 3. The second kappa shape index (κ2) is 4.40. The SMILES string of the molecule is NC(CO)Cc1ccncc1Cl. The van der Waals surface area contributed by atoms with Gasteiger partial charge in [-0.1, -0.05) is 11.6 Å². The maximum Gasteiger partial charge on any atom is 0.0621 e. The van der Waals surface area contributed by atoms with E-state index >= 15 is 0 Å². The van der Waals surface area contributed by atoms with Crippen LogP contribution >= 0.6 is 11.6 Å². The van der Waals surface area contributed by atoms with Crippen LogP contribution in [0.15, 0.2) is 18.5 Å². The first-order chi connectivity index (χ1) is 5.74. The number of nitrogens with two attached hydrogens (primary N) is 1. The van der Waals surface area contributed by atoms with Gasteiger partial charge in [-0.3, -0.25) is 4.98 Å². The maximum atomic E-state index is 8.70. The van der Waals surface area contributed by atoms with Gasteiger partial charge in [0.2, 0.25) is 0 Å². The molecule has 0 aliphatic carbocycles. The van der Waals surface area contributed by atoms with Crippen LogP contribution in [0, 0.1) is 0 Å². The molecule has 12 heavy (non-hydrogen) atoms. The van der Waals surface area contributed by atoms with Gasteiger partial charge in [0, 0.05) is 18.4 Å². The van der Waals surface area contributed by atoms with Crippen LogP contribution in [0.3, 0.4) is 0 Å². The molecule has 0 aromatic carbocycles. The Morgan fingerprint density at radius 3 is 3.00 bits per heavy atom. The van der Waals surface area contributed by atoms with Crippen LogP contribution in [0.1, 0.15) is 5.56 Å². The van der Waals surface area contributed by atoms with Crippen molar-refractivity contribution >= 4 is 11.6 Å². The van der Waals surface area contributed by atoms with Crippen molar-refractivity contribution in [3.63, 3.8) is 0 Å². The van der Waals surface area contributed by atoms with Crippen molar-refractivity contribution in [2.45, 2.75) is 12.5 Å². The normalized spacial score (nSPS) is 12.9. The smallest absolute Gasteiger partial charge is 0.0621 e. The van der Waals surface area contributed by atoms with E-state index in [2.05, 4.69) is 4.98 Å². The lowest BCUT2D eigenvalue weighted by Gasteiger charge is -2.08. The van der Waals surface area contributed by atoms with Crippen molar-refractivity contribution in [2.24, 2.45) is 5.73 Å². The number of halogens is 1. The monoisotopic (exact) mass is 186 g/mol. The van der Waals surface area contributed by atoms with Gasteiger partial charge in [-0.15, -0.1) is 0 Å². The second-order valence-corrected chi connectivity index (χ2v) is 3.02. The fourth-order valence-corrected chi connectivity index (χ4v) is 1.11. The zero-order valence-electron chi connectivity index (χ0n) is 6.57. The number of aliphatic hydroxyl groups is 1. The van der Waals surface area contributed by atoms with Gasteiger partial charge in [0.1, 0.15) is 0 Å². The predicted octanol–water partition coefficient (Wildman–Crippen LogP) is 0.597. The molecule has 1 aromatic heterocycles. The highest BCUT2D eigenvalue weighted by molar-refractivity contribution is 6.31. The molecule has 3 N–H and O–H groups in total. The Bertz CT molecular complexity index is 255. The molecule has 0 bridgehead atoms. The molecule has 1 heterocycles. The van der Waals surface area contributed by atoms with Crippen LogP contribution < -0.4 is 5.73 Å². The number of nitrogens with zero attached hydrogens (tertiary/aromatic N) is 1. The van der Waals surface area contributed by atoms with Gasteiger partial charge in [0.25, 0.3) is 0 Å². The van der Waals surface area contributed by atoms with Gasteiger partial charge in [-0.2, -0.15) is 0 Å². The second-order valence-electron chi connectivity index (χ2n) is 2.61. The van der Waals surface area contributed by atoms with Crippen molar-refractivity contribution in [1.82, 2.24) is 4.98 Å². The average molecular weight is 187 g/mol. The molecule has 0 spiro atoms. The summed E-state index contributed by atoms with van der Waals surface area (Å²) >= 11 is 5.83. The fourth-order valence-electron chi connectivity index (χ4n) is 0.917. The molecule has 0 saturated carbocycles. The van der Waals surface area contributed by atoms with E-state index in [1.165, 1.54) is 0 Å². The lowest BCUT2D eigenvalue weighted by atomic mass is 10.1. The molecule has 1 rings (SSSR count). The molecule has 0 aliphatic heterocycles. The van der Waals surface area contributed by atoms with Crippen LogP contribution in [0.4, 0.5) is 0 Å². The van der Waals surface area contributed by atoms with E-state index in [9.17, 15) is 0 Å². The number of hydrogen-bond donors (Lipinski definition) is 2. The third-order valence-corrected chi connectivity index (χ3v) is 1.91. The standard InChI is InChI=1S/C8H11ClN2O/c9-8-4-11-2-1-6(8)3-7(10)5-12/h1-2,4,7,12H,3,5,10H2. The lowest BCUT2D eigenvalue weighted by Crippen LogP contribution is -2.26. The van der Waals surface area contributed by atoms with Gasteiger partial charge in [0.15, 0.2) is 0 Å². The molecule has 1 unspecified atom stereocenters. The van der Waals surface area contributed by atoms with Crippen LogP contribution in [0.25, 0.3) is 0 Å². The third-order valence-electron chi connectivity index (χ3n) is 1.57. The lowest BCUT2D eigenvalue weighted by molar-refractivity contribution is 0.265. The Kier molecular flexibility index (Phi) is 3.47. The molecule has 0 saturated heterocycles. The van der Waals surface area contributed by atoms with Gasteiger partial charge in [-0.25, -0.2) is 0 Å². The Labute approximate surface area is 76.2 Å². The summed E-state index contributed by atoms with van der Waals surface area (Å²) in [7, 11) is 0. The van der Waals surface area contributed by atoms with E-state index in [4.69, 9.17) is 22.4 Å². The highest BCUT2D eigenvalue weighted by atomic mass is 35.5. The predicted molar refractivity (Wildman–Crippen MR) is 48.0 cm³/mol. The molecular formula is C8H11ClN2O. The van der Waals surface area contributed by atoms with Crippen LogP contribution in [-0.2, 0) is 6.42 Å². The average Bonchev–Trinajstić information content (AvgIpc) is 2.09. The van der Waals surface area contributed by atoms with Crippen molar-refractivity contribution in [1.29, 1.82) is 0 Å². The summed E-state index contributed by atoms with van der Waals surface area (Å²) in [5.74, 6) is 0. The number of pyridine rings is 1. The van der Waals surface area contributed by atoms with Crippen molar-refractivity contribution in [3.05, 3.63) is 29.0 Å². The van der Waals surface area contributed by atoms with Gasteiger partial charge in [0.05, 0.1) is 11.6 Å². The van der Waals surface area contributed by atoms with Crippen molar-refractivity contribution in [3.8, 4) is 0 Å². The molecule has 0 radical (unpaired) electrons. The number of rotatable bonds is 3. The molecule has 66 valence electrons. The van der Waals surface area contributed by atoms with Crippen molar-refractivity contribution < 1.29 is 5.11 Å². The number of aromatic nitrogens is 1. The molecule has 3 nitrogen and oxygen atoms in total. The maximum absolute atomic E-state index is 8.70. The molecule has 4 heteroatoms. The summed E-state index contributed by atoms with van der Waals surface area (Å²) in [5.41, 5.74) is 6.47. The van der Waals surface area contributed by atoms with E-state index < -0.39 is 0 Å². The highest BCUT2D eigenvalue weighted by Crippen LogP contribution is 2.14. The minimum Gasteiger partial charge on any atom is -0.395 e. The van der Waals surface area contributed by atoms with Gasteiger partial charge >= 0.3 is 0 Å². The van der Waals surface area contributed by atoms with E-state index in [0.29, 0.717) is 11.4 Å². The summed E-state index contributed by atoms with van der Waals surface area (Å²) in [4.78, 5) is 3.84. The minimum atomic E-state index is -0.245. The highest BCUT2D eigenvalue weighted by Gasteiger charge is 2.04. The first kappa shape index (κ1) is 9.45. The summed E-state index contributed by atoms with van der Waals surface area (Å²) in [6.45, 7) is -0.0291. The number of aliphatic hydroxyl groups excluding tert-OH is 1. The Hall–Kier alpha value is -0.640. The Morgan fingerprint density at radius 2 is 2.42 bits per heavy atom. The van der Waals surface area contributed by atoms with Crippen LogP contribution in [0.2, 0.25) is 5.02 Å². The largest absolute Gasteiger partial charge is 0.395 e. The van der Waals surface area contributed by atoms with E-state index in [1.807, 2.05) is 0 Å². The van der Waals surface area contributed by atoms with Gasteiger partial charge in [-0.05, 0) is 18.1 Å². The molecule has 1 aromatic rings. The summed E-state index contributed by atoms with van der Waals surface area (Å²) in [5, 5.41) is 9.30. The minimum absolute atomic E-state index is 0.0291. The molecular weight excluding hydrogens is 176 g/mol. The molecule has 0 fully saturated rings. The van der Waals surface area contributed by atoms with E-state index in [-0.39, 0.29) is 12.6 Å². The molecule has 0 amide bonds. The Morgan fingerprint density at radius 1 is 1.67 bits per heavy atom. The van der Waals surface area contributed by atoms with Crippen LogP contribution in [0.5, 0.6) is 0 Å². The zero-order valence-corrected chi connectivity index (χ0v) is 7.33. The fraction of sp³-hybridized carbons (Fsp3) is 0.375. The topological polar surface area (TPSA) is 59.1 Å². The van der Waals surface area contributed by atoms with Crippen molar-refractivity contribution in [2.75, 3.05) is 6.61 Å². The third kappa shape index (κ3) is 2.44. The summed E-state index contributed by atoms with van der Waals surface area (Å²) in [6.07, 6.45) is 3.81. The first-order valence-electron chi connectivity index (χ1n) is 3.69.